The standard InChI is InChI=1S/C15H17FN4/c1-3-14-13(10-20(2)19-14)9-18-8-12-6-4-5-11(7-17)15(12)16/h4-6,10,18H,3,8-9H2,1-2H3. The molecule has 1 heterocycles. The molecule has 0 saturated heterocycles. The molecular weight excluding hydrogens is 255 g/mol. The molecule has 0 aliphatic rings. The van der Waals surface area contributed by atoms with Crippen molar-refractivity contribution in [2.45, 2.75) is 26.4 Å². The molecule has 2 rings (SSSR count). The highest BCUT2D eigenvalue weighted by Crippen LogP contribution is 2.12. The van der Waals surface area contributed by atoms with Gasteiger partial charge in [0.2, 0.25) is 0 Å². The van der Waals surface area contributed by atoms with Crippen LogP contribution >= 0.6 is 0 Å². The van der Waals surface area contributed by atoms with Gasteiger partial charge >= 0.3 is 0 Å². The van der Waals surface area contributed by atoms with Crippen LogP contribution < -0.4 is 5.32 Å². The van der Waals surface area contributed by atoms with Crippen molar-refractivity contribution in [3.8, 4) is 6.07 Å². The topological polar surface area (TPSA) is 53.6 Å². The lowest BCUT2D eigenvalue weighted by Gasteiger charge is -2.06. The molecule has 5 heteroatoms. The van der Waals surface area contributed by atoms with E-state index in [1.54, 1.807) is 16.8 Å². The Hall–Kier alpha value is -2.19. The van der Waals surface area contributed by atoms with Crippen LogP contribution in [0.25, 0.3) is 0 Å². The molecule has 0 aliphatic heterocycles. The van der Waals surface area contributed by atoms with Crippen LogP contribution in [0.3, 0.4) is 0 Å². The molecule has 2 aromatic rings. The second kappa shape index (κ2) is 6.31. The number of nitriles is 1. The van der Waals surface area contributed by atoms with Gasteiger partial charge < -0.3 is 5.32 Å². The van der Waals surface area contributed by atoms with Crippen LogP contribution in [0.1, 0.15) is 29.3 Å². The number of aryl methyl sites for hydroxylation is 2. The summed E-state index contributed by atoms with van der Waals surface area (Å²) in [6.45, 7) is 3.08. The Morgan fingerprint density at radius 3 is 2.80 bits per heavy atom. The summed E-state index contributed by atoms with van der Waals surface area (Å²) < 4.78 is 15.7. The van der Waals surface area contributed by atoms with E-state index < -0.39 is 5.82 Å². The van der Waals surface area contributed by atoms with Gasteiger partial charge in [0.05, 0.1) is 11.3 Å². The van der Waals surface area contributed by atoms with E-state index >= 15 is 0 Å². The van der Waals surface area contributed by atoms with E-state index in [4.69, 9.17) is 5.26 Å². The van der Waals surface area contributed by atoms with Crippen molar-refractivity contribution < 1.29 is 4.39 Å². The summed E-state index contributed by atoms with van der Waals surface area (Å²) in [5.74, 6) is -0.440. The van der Waals surface area contributed by atoms with Gasteiger partial charge in [0.1, 0.15) is 11.9 Å². The van der Waals surface area contributed by atoms with E-state index in [2.05, 4.69) is 17.3 Å². The number of benzene rings is 1. The number of rotatable bonds is 5. The van der Waals surface area contributed by atoms with Gasteiger partial charge in [-0.2, -0.15) is 10.4 Å². The number of halogens is 1. The van der Waals surface area contributed by atoms with E-state index in [0.29, 0.717) is 18.7 Å². The van der Waals surface area contributed by atoms with Crippen LogP contribution in [0.15, 0.2) is 24.4 Å². The zero-order valence-corrected chi connectivity index (χ0v) is 11.7. The number of hydrogen-bond donors (Lipinski definition) is 1. The van der Waals surface area contributed by atoms with Crippen LogP contribution in [0.2, 0.25) is 0 Å². The van der Waals surface area contributed by atoms with Gasteiger partial charge in [-0.15, -0.1) is 0 Å². The molecule has 0 amide bonds. The van der Waals surface area contributed by atoms with Gasteiger partial charge in [0.25, 0.3) is 0 Å². The van der Waals surface area contributed by atoms with Crippen molar-refractivity contribution in [3.63, 3.8) is 0 Å². The Kier molecular flexibility index (Phi) is 4.49. The Morgan fingerprint density at radius 2 is 2.10 bits per heavy atom. The Bertz CT molecular complexity index is 640. The van der Waals surface area contributed by atoms with E-state index in [-0.39, 0.29) is 5.56 Å². The molecule has 0 atom stereocenters. The summed E-state index contributed by atoms with van der Waals surface area (Å²) in [5, 5.41) is 16.4. The highest BCUT2D eigenvalue weighted by atomic mass is 19.1. The summed E-state index contributed by atoms with van der Waals surface area (Å²) in [7, 11) is 1.89. The predicted molar refractivity (Wildman–Crippen MR) is 74.2 cm³/mol. The Labute approximate surface area is 117 Å². The van der Waals surface area contributed by atoms with Gasteiger partial charge in [0.15, 0.2) is 0 Å². The molecule has 20 heavy (non-hydrogen) atoms. The fourth-order valence-electron chi connectivity index (χ4n) is 2.16. The maximum atomic E-state index is 13.9. The van der Waals surface area contributed by atoms with Crippen molar-refractivity contribution in [1.29, 1.82) is 5.26 Å². The monoisotopic (exact) mass is 272 g/mol. The van der Waals surface area contributed by atoms with E-state index in [1.807, 2.05) is 19.3 Å². The summed E-state index contributed by atoms with van der Waals surface area (Å²) >= 11 is 0. The predicted octanol–water partition coefficient (Wildman–Crippen LogP) is 2.28. The SMILES string of the molecule is CCc1nn(C)cc1CNCc1cccc(C#N)c1F. The zero-order valence-electron chi connectivity index (χ0n) is 11.7. The molecule has 1 aromatic carbocycles. The van der Waals surface area contributed by atoms with Crippen molar-refractivity contribution in [1.82, 2.24) is 15.1 Å². The summed E-state index contributed by atoms with van der Waals surface area (Å²) in [6.07, 6.45) is 2.84. The van der Waals surface area contributed by atoms with Gasteiger partial charge in [-0.3, -0.25) is 4.68 Å². The number of nitrogens with zero attached hydrogens (tertiary/aromatic N) is 3. The first-order chi connectivity index (χ1) is 9.65. The third-order valence-corrected chi connectivity index (χ3v) is 3.16. The second-order valence-electron chi connectivity index (χ2n) is 4.62. The van der Waals surface area contributed by atoms with Crippen molar-refractivity contribution >= 4 is 0 Å². The first-order valence-corrected chi connectivity index (χ1v) is 6.55. The van der Waals surface area contributed by atoms with E-state index in [0.717, 1.165) is 17.7 Å². The minimum absolute atomic E-state index is 0.0833. The average Bonchev–Trinajstić information content (AvgIpc) is 2.81. The molecule has 0 aliphatic carbocycles. The van der Waals surface area contributed by atoms with Gasteiger partial charge in [0, 0.05) is 37.5 Å². The molecule has 0 fully saturated rings. The molecule has 4 nitrogen and oxygen atoms in total. The maximum Gasteiger partial charge on any atom is 0.145 e. The molecule has 0 radical (unpaired) electrons. The molecule has 0 unspecified atom stereocenters. The maximum absolute atomic E-state index is 13.9. The fourth-order valence-corrected chi connectivity index (χ4v) is 2.16. The van der Waals surface area contributed by atoms with Gasteiger partial charge in [-0.05, 0) is 12.5 Å². The van der Waals surface area contributed by atoms with Crippen molar-refractivity contribution in [3.05, 3.63) is 52.6 Å². The van der Waals surface area contributed by atoms with Crippen LogP contribution in [0.4, 0.5) is 4.39 Å². The minimum atomic E-state index is -0.440. The smallest absolute Gasteiger partial charge is 0.145 e. The second-order valence-corrected chi connectivity index (χ2v) is 4.62. The lowest BCUT2D eigenvalue weighted by atomic mass is 10.1. The van der Waals surface area contributed by atoms with Crippen LogP contribution in [0.5, 0.6) is 0 Å². The molecule has 0 saturated carbocycles. The molecule has 104 valence electrons. The number of aromatic nitrogens is 2. The van der Waals surface area contributed by atoms with Crippen LogP contribution in [-0.4, -0.2) is 9.78 Å². The first-order valence-electron chi connectivity index (χ1n) is 6.55. The molecular formula is C15H17FN4. The highest BCUT2D eigenvalue weighted by Gasteiger charge is 2.08. The highest BCUT2D eigenvalue weighted by molar-refractivity contribution is 5.34. The number of nitrogens with one attached hydrogen (secondary N) is 1. The summed E-state index contributed by atoms with van der Waals surface area (Å²) in [5.41, 5.74) is 2.75. The van der Waals surface area contributed by atoms with Crippen molar-refractivity contribution in [2.24, 2.45) is 7.05 Å². The average molecular weight is 272 g/mol. The van der Waals surface area contributed by atoms with E-state index in [9.17, 15) is 4.39 Å². The number of hydrogen-bond acceptors (Lipinski definition) is 3. The van der Waals surface area contributed by atoms with Crippen LogP contribution in [0, 0.1) is 17.1 Å². The van der Waals surface area contributed by atoms with Gasteiger partial charge in [-0.1, -0.05) is 19.1 Å². The third-order valence-electron chi connectivity index (χ3n) is 3.16. The lowest BCUT2D eigenvalue weighted by molar-refractivity contribution is 0.584. The van der Waals surface area contributed by atoms with Crippen molar-refractivity contribution in [2.75, 3.05) is 0 Å². The molecule has 0 spiro atoms. The quantitative estimate of drug-likeness (QED) is 0.908. The van der Waals surface area contributed by atoms with Gasteiger partial charge in [-0.25, -0.2) is 4.39 Å². The third kappa shape index (κ3) is 3.03. The lowest BCUT2D eigenvalue weighted by Crippen LogP contribution is -2.14. The summed E-state index contributed by atoms with van der Waals surface area (Å²) in [4.78, 5) is 0. The largest absolute Gasteiger partial charge is 0.308 e. The molecule has 1 N–H and O–H groups in total. The Morgan fingerprint density at radius 1 is 1.35 bits per heavy atom. The first kappa shape index (κ1) is 14.2. The molecule has 0 bridgehead atoms. The fraction of sp³-hybridized carbons (Fsp3) is 0.333. The molecule has 1 aromatic heterocycles. The minimum Gasteiger partial charge on any atom is -0.308 e. The zero-order chi connectivity index (χ0) is 14.5. The van der Waals surface area contributed by atoms with Crippen LogP contribution in [-0.2, 0) is 26.6 Å². The summed E-state index contributed by atoms with van der Waals surface area (Å²) in [6, 6.07) is 6.71. The Balaban J connectivity index is 2.01. The van der Waals surface area contributed by atoms with E-state index in [1.165, 1.54) is 6.07 Å². The normalized spacial score (nSPS) is 10.5.